The highest BCUT2D eigenvalue weighted by Crippen LogP contribution is 2.23. The van der Waals surface area contributed by atoms with Crippen molar-refractivity contribution >= 4 is 45.1 Å². The lowest BCUT2D eigenvalue weighted by atomic mass is 9.95. The fourth-order valence-electron chi connectivity index (χ4n) is 2.16. The van der Waals surface area contributed by atoms with Crippen LogP contribution in [0.2, 0.25) is 0 Å². The standard InChI is InChI=1S/C21H23BrN2O4/c1-13-8-9-17(16(22)10-13)24-18(25)12-28-19(26)14-6-5-7-15(11-14)23-20(27)21(2,3)4/h5-11H,12H2,1-4H3,(H,23,27)(H,24,25). The summed E-state index contributed by atoms with van der Waals surface area (Å²) < 4.78 is 5.82. The van der Waals surface area contributed by atoms with Gasteiger partial charge in [0.2, 0.25) is 5.91 Å². The van der Waals surface area contributed by atoms with Crippen LogP contribution in [0, 0.1) is 12.3 Å². The van der Waals surface area contributed by atoms with Gasteiger partial charge in [-0.15, -0.1) is 0 Å². The molecule has 2 rings (SSSR count). The summed E-state index contributed by atoms with van der Waals surface area (Å²) in [6.07, 6.45) is 0. The van der Waals surface area contributed by atoms with Crippen LogP contribution in [-0.2, 0) is 14.3 Å². The molecule has 0 atom stereocenters. The quantitative estimate of drug-likeness (QED) is 0.660. The van der Waals surface area contributed by atoms with Gasteiger partial charge < -0.3 is 15.4 Å². The van der Waals surface area contributed by atoms with Gasteiger partial charge in [-0.2, -0.15) is 0 Å². The van der Waals surface area contributed by atoms with Gasteiger partial charge in [0.05, 0.1) is 11.3 Å². The molecule has 0 bridgehead atoms. The molecule has 2 aromatic carbocycles. The van der Waals surface area contributed by atoms with E-state index in [1.54, 1.807) is 45.0 Å². The van der Waals surface area contributed by atoms with Gasteiger partial charge in [0, 0.05) is 15.6 Å². The van der Waals surface area contributed by atoms with E-state index in [2.05, 4.69) is 26.6 Å². The van der Waals surface area contributed by atoms with Crippen molar-refractivity contribution in [3.8, 4) is 0 Å². The van der Waals surface area contributed by atoms with E-state index in [9.17, 15) is 14.4 Å². The van der Waals surface area contributed by atoms with Gasteiger partial charge in [0.1, 0.15) is 0 Å². The zero-order valence-electron chi connectivity index (χ0n) is 16.3. The van der Waals surface area contributed by atoms with Gasteiger partial charge in [-0.3, -0.25) is 9.59 Å². The van der Waals surface area contributed by atoms with E-state index in [0.29, 0.717) is 11.4 Å². The number of nitrogens with one attached hydrogen (secondary N) is 2. The highest BCUT2D eigenvalue weighted by Gasteiger charge is 2.21. The second-order valence-electron chi connectivity index (χ2n) is 7.39. The Morgan fingerprint density at radius 3 is 2.39 bits per heavy atom. The third kappa shape index (κ3) is 6.20. The van der Waals surface area contributed by atoms with Crippen molar-refractivity contribution in [2.24, 2.45) is 5.41 Å². The van der Waals surface area contributed by atoms with Gasteiger partial charge in [-0.05, 0) is 58.7 Å². The van der Waals surface area contributed by atoms with Crippen molar-refractivity contribution in [1.29, 1.82) is 0 Å². The van der Waals surface area contributed by atoms with Crippen molar-refractivity contribution in [2.75, 3.05) is 17.2 Å². The Balaban J connectivity index is 1.94. The average molecular weight is 447 g/mol. The van der Waals surface area contributed by atoms with Gasteiger partial charge in [0.15, 0.2) is 6.61 Å². The van der Waals surface area contributed by atoms with E-state index in [1.165, 1.54) is 6.07 Å². The molecule has 0 saturated carbocycles. The van der Waals surface area contributed by atoms with E-state index < -0.39 is 23.9 Å². The second kappa shape index (κ2) is 9.01. The first kappa shape index (κ1) is 21.6. The number of hydrogen-bond acceptors (Lipinski definition) is 4. The first-order chi connectivity index (χ1) is 13.1. The van der Waals surface area contributed by atoms with Gasteiger partial charge >= 0.3 is 5.97 Å². The number of carbonyl (C=O) groups is 3. The van der Waals surface area contributed by atoms with Crippen molar-refractivity contribution in [3.05, 3.63) is 58.1 Å². The highest BCUT2D eigenvalue weighted by atomic mass is 79.9. The van der Waals surface area contributed by atoms with E-state index in [1.807, 2.05) is 19.1 Å². The van der Waals surface area contributed by atoms with Crippen molar-refractivity contribution in [3.63, 3.8) is 0 Å². The summed E-state index contributed by atoms with van der Waals surface area (Å²) in [5.41, 5.74) is 1.82. The van der Waals surface area contributed by atoms with Crippen LogP contribution < -0.4 is 10.6 Å². The summed E-state index contributed by atoms with van der Waals surface area (Å²) in [5, 5.41) is 5.43. The molecule has 6 nitrogen and oxygen atoms in total. The SMILES string of the molecule is Cc1ccc(NC(=O)COC(=O)c2cccc(NC(=O)C(C)(C)C)c2)c(Br)c1. The molecule has 0 unspecified atom stereocenters. The van der Waals surface area contributed by atoms with E-state index in [0.717, 1.165) is 10.0 Å². The Bertz CT molecular complexity index is 904. The minimum absolute atomic E-state index is 0.166. The molecule has 2 aromatic rings. The molecular formula is C21H23BrN2O4. The Kier molecular flexibility index (Phi) is 6.96. The molecule has 7 heteroatoms. The third-order valence-corrected chi connectivity index (χ3v) is 4.43. The maximum atomic E-state index is 12.2. The molecule has 0 aliphatic rings. The lowest BCUT2D eigenvalue weighted by Gasteiger charge is -2.17. The predicted octanol–water partition coefficient (Wildman–Crippen LogP) is 4.54. The number of rotatable bonds is 5. The normalized spacial score (nSPS) is 10.9. The van der Waals surface area contributed by atoms with E-state index in [4.69, 9.17) is 4.74 Å². The summed E-state index contributed by atoms with van der Waals surface area (Å²) >= 11 is 3.38. The summed E-state index contributed by atoms with van der Waals surface area (Å²) in [6, 6.07) is 11.9. The number of benzene rings is 2. The Hall–Kier alpha value is -2.67. The monoisotopic (exact) mass is 446 g/mol. The molecule has 2 N–H and O–H groups in total. The molecule has 0 aromatic heterocycles. The molecule has 0 saturated heterocycles. The Morgan fingerprint density at radius 2 is 1.75 bits per heavy atom. The van der Waals surface area contributed by atoms with E-state index in [-0.39, 0.29) is 11.5 Å². The lowest BCUT2D eigenvalue weighted by Crippen LogP contribution is -2.27. The largest absolute Gasteiger partial charge is 0.452 e. The molecular weight excluding hydrogens is 424 g/mol. The second-order valence-corrected chi connectivity index (χ2v) is 8.25. The number of halogens is 1. The third-order valence-electron chi connectivity index (χ3n) is 3.77. The van der Waals surface area contributed by atoms with Crippen LogP contribution in [0.1, 0.15) is 36.7 Å². The van der Waals surface area contributed by atoms with Crippen molar-refractivity contribution in [2.45, 2.75) is 27.7 Å². The number of ether oxygens (including phenoxy) is 1. The van der Waals surface area contributed by atoms with Gasteiger partial charge in [-0.1, -0.05) is 32.9 Å². The predicted molar refractivity (Wildman–Crippen MR) is 112 cm³/mol. The van der Waals surface area contributed by atoms with E-state index >= 15 is 0 Å². The van der Waals surface area contributed by atoms with Crippen LogP contribution in [0.4, 0.5) is 11.4 Å². The minimum Gasteiger partial charge on any atom is -0.452 e. The fourth-order valence-corrected chi connectivity index (χ4v) is 2.76. The molecule has 0 fully saturated rings. The summed E-state index contributed by atoms with van der Waals surface area (Å²) in [6.45, 7) is 6.91. The van der Waals surface area contributed by atoms with Crippen LogP contribution in [-0.4, -0.2) is 24.4 Å². The van der Waals surface area contributed by atoms with Crippen LogP contribution in [0.25, 0.3) is 0 Å². The highest BCUT2D eigenvalue weighted by molar-refractivity contribution is 9.10. The zero-order valence-corrected chi connectivity index (χ0v) is 17.8. The zero-order chi connectivity index (χ0) is 20.9. The molecule has 0 aliphatic carbocycles. The fraction of sp³-hybridized carbons (Fsp3) is 0.286. The Labute approximate surface area is 172 Å². The topological polar surface area (TPSA) is 84.5 Å². The first-order valence-electron chi connectivity index (χ1n) is 8.71. The number of esters is 1. The summed E-state index contributed by atoms with van der Waals surface area (Å²) in [5.74, 6) is -1.26. The molecule has 0 aliphatic heterocycles. The average Bonchev–Trinajstić information content (AvgIpc) is 2.61. The van der Waals surface area contributed by atoms with Crippen LogP contribution >= 0.6 is 15.9 Å². The van der Waals surface area contributed by atoms with Gasteiger partial charge in [-0.25, -0.2) is 4.79 Å². The van der Waals surface area contributed by atoms with Crippen LogP contribution in [0.15, 0.2) is 46.9 Å². The molecule has 0 radical (unpaired) electrons. The number of aryl methyl sites for hydroxylation is 1. The van der Waals surface area contributed by atoms with Gasteiger partial charge in [0.25, 0.3) is 5.91 Å². The number of anilines is 2. The first-order valence-corrected chi connectivity index (χ1v) is 9.50. The lowest BCUT2D eigenvalue weighted by molar-refractivity contribution is -0.123. The molecule has 0 heterocycles. The maximum absolute atomic E-state index is 12.2. The van der Waals surface area contributed by atoms with Crippen LogP contribution in [0.3, 0.4) is 0 Å². The number of hydrogen-bond donors (Lipinski definition) is 2. The van der Waals surface area contributed by atoms with Crippen LogP contribution in [0.5, 0.6) is 0 Å². The molecule has 148 valence electrons. The van der Waals surface area contributed by atoms with Crippen molar-refractivity contribution in [1.82, 2.24) is 0 Å². The number of carbonyl (C=O) groups excluding carboxylic acids is 3. The van der Waals surface area contributed by atoms with Crippen molar-refractivity contribution < 1.29 is 19.1 Å². The summed E-state index contributed by atoms with van der Waals surface area (Å²) in [7, 11) is 0. The summed E-state index contributed by atoms with van der Waals surface area (Å²) in [4.78, 5) is 36.3. The molecule has 0 spiro atoms. The molecule has 28 heavy (non-hydrogen) atoms. The maximum Gasteiger partial charge on any atom is 0.338 e. The number of amides is 2. The minimum atomic E-state index is -0.648. The Morgan fingerprint density at radius 1 is 1.04 bits per heavy atom. The molecule has 2 amide bonds. The smallest absolute Gasteiger partial charge is 0.338 e.